The van der Waals surface area contributed by atoms with Crippen LogP contribution in [0.2, 0.25) is 0 Å². The van der Waals surface area contributed by atoms with Crippen LogP contribution in [0.1, 0.15) is 162 Å². The van der Waals surface area contributed by atoms with Crippen molar-refractivity contribution in [1.29, 1.82) is 0 Å². The summed E-state index contributed by atoms with van der Waals surface area (Å²) in [6.07, 6.45) is 28.3. The molecule has 0 fully saturated rings. The average Bonchev–Trinajstić information content (AvgIpc) is 2.84. The van der Waals surface area contributed by atoms with Gasteiger partial charge in [0.15, 0.2) is 0 Å². The van der Waals surface area contributed by atoms with Gasteiger partial charge >= 0.3 is 5.97 Å². The number of aliphatic hydroxyl groups excluding tert-OH is 1. The molecule has 4 nitrogen and oxygen atoms in total. The molecule has 4 heteroatoms. The minimum Gasteiger partial charge on any atom is -0.457 e. The SMILES string of the molecule is CCCCCCCCCCCCCOCC(CO)OC(=O)CCCCCCCCCCCCC. The van der Waals surface area contributed by atoms with E-state index in [1.54, 1.807) is 0 Å². The number of carbonyl (C=O) groups excluding carboxylic acids is 1. The lowest BCUT2D eigenvalue weighted by Crippen LogP contribution is -2.27. The third kappa shape index (κ3) is 26.0. The first-order valence-electron chi connectivity index (χ1n) is 15.1. The first-order valence-corrected chi connectivity index (χ1v) is 15.1. The molecule has 204 valence electrons. The fourth-order valence-electron chi connectivity index (χ4n) is 4.39. The molecule has 0 saturated heterocycles. The summed E-state index contributed by atoms with van der Waals surface area (Å²) < 4.78 is 11.0. The van der Waals surface area contributed by atoms with Gasteiger partial charge in [0, 0.05) is 13.0 Å². The number of aliphatic hydroxyl groups is 1. The Balaban J connectivity index is 3.42. The van der Waals surface area contributed by atoms with Crippen molar-refractivity contribution >= 4 is 5.97 Å². The van der Waals surface area contributed by atoms with E-state index in [1.165, 1.54) is 122 Å². The lowest BCUT2D eigenvalue weighted by Gasteiger charge is -2.16. The fourth-order valence-corrected chi connectivity index (χ4v) is 4.39. The van der Waals surface area contributed by atoms with Crippen LogP contribution in [-0.4, -0.2) is 37.0 Å². The maximum Gasteiger partial charge on any atom is 0.306 e. The van der Waals surface area contributed by atoms with Crippen LogP contribution in [0.4, 0.5) is 0 Å². The minimum absolute atomic E-state index is 0.164. The normalized spacial score (nSPS) is 12.2. The first-order chi connectivity index (χ1) is 16.7. The molecular weight excluding hydrogens is 424 g/mol. The Bertz CT molecular complexity index is 399. The molecule has 0 rings (SSSR count). The van der Waals surface area contributed by atoms with Crippen molar-refractivity contribution in [3.05, 3.63) is 0 Å². The highest BCUT2D eigenvalue weighted by molar-refractivity contribution is 5.69. The molecule has 34 heavy (non-hydrogen) atoms. The predicted octanol–water partition coefficient (Wildman–Crippen LogP) is 8.92. The van der Waals surface area contributed by atoms with Gasteiger partial charge in [-0.25, -0.2) is 0 Å². The van der Waals surface area contributed by atoms with Crippen LogP contribution in [0.3, 0.4) is 0 Å². The molecule has 0 bridgehead atoms. The maximum absolute atomic E-state index is 12.0. The zero-order valence-corrected chi connectivity index (χ0v) is 23.1. The van der Waals surface area contributed by atoms with Gasteiger partial charge in [-0.15, -0.1) is 0 Å². The third-order valence-corrected chi connectivity index (χ3v) is 6.68. The van der Waals surface area contributed by atoms with Gasteiger partial charge in [0.25, 0.3) is 0 Å². The fraction of sp³-hybridized carbons (Fsp3) is 0.967. The van der Waals surface area contributed by atoms with Gasteiger partial charge in [-0.1, -0.05) is 142 Å². The molecule has 0 aliphatic heterocycles. The second-order valence-electron chi connectivity index (χ2n) is 10.2. The van der Waals surface area contributed by atoms with Gasteiger partial charge in [-0.05, 0) is 12.8 Å². The highest BCUT2D eigenvalue weighted by atomic mass is 16.6. The van der Waals surface area contributed by atoms with Crippen molar-refractivity contribution < 1.29 is 19.4 Å². The van der Waals surface area contributed by atoms with Crippen LogP contribution in [-0.2, 0) is 14.3 Å². The Kier molecular flexibility index (Phi) is 28.1. The molecule has 0 aromatic rings. The number of carbonyl (C=O) groups is 1. The molecule has 0 aliphatic rings. The Morgan fingerprint density at radius 3 is 1.38 bits per heavy atom. The van der Waals surface area contributed by atoms with Crippen LogP contribution in [0.25, 0.3) is 0 Å². The minimum atomic E-state index is -0.520. The molecule has 0 heterocycles. The van der Waals surface area contributed by atoms with Gasteiger partial charge in [0.1, 0.15) is 6.10 Å². The molecule has 0 spiro atoms. The molecule has 1 atom stereocenters. The van der Waals surface area contributed by atoms with E-state index in [4.69, 9.17) is 9.47 Å². The van der Waals surface area contributed by atoms with Crippen molar-refractivity contribution in [1.82, 2.24) is 0 Å². The standard InChI is InChI=1S/C30H60O4/c1-3-5-7-9-11-13-15-17-19-21-23-25-30(32)34-29(27-31)28-33-26-24-22-20-18-16-14-12-10-8-6-4-2/h29,31H,3-28H2,1-2H3. The molecule has 0 aromatic carbocycles. The van der Waals surface area contributed by atoms with E-state index in [-0.39, 0.29) is 12.6 Å². The number of rotatable bonds is 28. The monoisotopic (exact) mass is 484 g/mol. The van der Waals surface area contributed by atoms with E-state index in [9.17, 15) is 9.90 Å². The third-order valence-electron chi connectivity index (χ3n) is 6.68. The van der Waals surface area contributed by atoms with Crippen LogP contribution in [0, 0.1) is 0 Å². The van der Waals surface area contributed by atoms with Crippen molar-refractivity contribution in [2.75, 3.05) is 19.8 Å². The lowest BCUT2D eigenvalue weighted by atomic mass is 10.1. The second-order valence-corrected chi connectivity index (χ2v) is 10.2. The van der Waals surface area contributed by atoms with Gasteiger partial charge in [-0.2, -0.15) is 0 Å². The highest BCUT2D eigenvalue weighted by Crippen LogP contribution is 2.13. The quantitative estimate of drug-likeness (QED) is 0.0889. The highest BCUT2D eigenvalue weighted by Gasteiger charge is 2.13. The number of unbranched alkanes of at least 4 members (excludes halogenated alkanes) is 20. The van der Waals surface area contributed by atoms with Crippen molar-refractivity contribution in [2.24, 2.45) is 0 Å². The predicted molar refractivity (Wildman–Crippen MR) is 145 cm³/mol. The van der Waals surface area contributed by atoms with E-state index in [2.05, 4.69) is 13.8 Å². The van der Waals surface area contributed by atoms with Gasteiger partial charge in [-0.3, -0.25) is 4.79 Å². The van der Waals surface area contributed by atoms with E-state index >= 15 is 0 Å². The summed E-state index contributed by atoms with van der Waals surface area (Å²) in [7, 11) is 0. The molecule has 0 saturated carbocycles. The van der Waals surface area contributed by atoms with Gasteiger partial charge in [0.2, 0.25) is 0 Å². The van der Waals surface area contributed by atoms with Gasteiger partial charge < -0.3 is 14.6 Å². The Morgan fingerprint density at radius 1 is 0.588 bits per heavy atom. The molecule has 1 N–H and O–H groups in total. The molecule has 1 unspecified atom stereocenters. The summed E-state index contributed by atoms with van der Waals surface area (Å²) in [6, 6.07) is 0. The zero-order chi connectivity index (χ0) is 25.0. The van der Waals surface area contributed by atoms with Crippen molar-refractivity contribution in [2.45, 2.75) is 168 Å². The topological polar surface area (TPSA) is 55.8 Å². The first kappa shape index (κ1) is 33.4. The summed E-state index contributed by atoms with van der Waals surface area (Å²) in [6.45, 7) is 5.35. The van der Waals surface area contributed by atoms with Crippen LogP contribution in [0.5, 0.6) is 0 Å². The number of esters is 1. The smallest absolute Gasteiger partial charge is 0.306 e. The van der Waals surface area contributed by atoms with Gasteiger partial charge in [0.05, 0.1) is 13.2 Å². The van der Waals surface area contributed by atoms with E-state index in [0.717, 1.165) is 19.3 Å². The number of ether oxygens (including phenoxy) is 2. The summed E-state index contributed by atoms with van der Waals surface area (Å²) in [5.41, 5.74) is 0. The van der Waals surface area contributed by atoms with Crippen molar-refractivity contribution in [3.63, 3.8) is 0 Å². The van der Waals surface area contributed by atoms with E-state index in [1.807, 2.05) is 0 Å². The maximum atomic E-state index is 12.0. The van der Waals surface area contributed by atoms with E-state index < -0.39 is 6.10 Å². The molecular formula is C30H60O4. The summed E-state index contributed by atoms with van der Waals surface area (Å²) >= 11 is 0. The zero-order valence-electron chi connectivity index (χ0n) is 23.1. The Labute approximate surface area is 213 Å². The largest absolute Gasteiger partial charge is 0.457 e. The van der Waals surface area contributed by atoms with Crippen LogP contribution >= 0.6 is 0 Å². The second kappa shape index (κ2) is 28.6. The summed E-state index contributed by atoms with van der Waals surface area (Å²) in [4.78, 5) is 12.0. The lowest BCUT2D eigenvalue weighted by molar-refractivity contribution is -0.154. The summed E-state index contributed by atoms with van der Waals surface area (Å²) in [5, 5.41) is 9.47. The van der Waals surface area contributed by atoms with Crippen LogP contribution in [0.15, 0.2) is 0 Å². The molecule has 0 radical (unpaired) electrons. The van der Waals surface area contributed by atoms with Crippen molar-refractivity contribution in [3.8, 4) is 0 Å². The summed E-state index contributed by atoms with van der Waals surface area (Å²) in [5.74, 6) is -0.201. The number of hydrogen-bond acceptors (Lipinski definition) is 4. The Hall–Kier alpha value is -0.610. The Morgan fingerprint density at radius 2 is 0.971 bits per heavy atom. The van der Waals surface area contributed by atoms with E-state index in [0.29, 0.717) is 19.6 Å². The molecule has 0 aliphatic carbocycles. The van der Waals surface area contributed by atoms with Crippen LogP contribution < -0.4 is 0 Å². The molecule has 0 aromatic heterocycles. The number of hydrogen-bond donors (Lipinski definition) is 1. The molecule has 0 amide bonds. The average molecular weight is 485 g/mol.